The lowest BCUT2D eigenvalue weighted by Crippen LogP contribution is -2.31. The van der Waals surface area contributed by atoms with E-state index in [1.54, 1.807) is 7.05 Å². The van der Waals surface area contributed by atoms with E-state index in [-0.39, 0.29) is 12.5 Å². The average Bonchev–Trinajstić information content (AvgIpc) is 3.03. The van der Waals surface area contributed by atoms with Crippen molar-refractivity contribution in [2.75, 3.05) is 40.8 Å². The lowest BCUT2D eigenvalue weighted by Gasteiger charge is -2.24. The van der Waals surface area contributed by atoms with Crippen LogP contribution in [-0.2, 0) is 17.9 Å². The summed E-state index contributed by atoms with van der Waals surface area (Å²) >= 11 is 0. The second kappa shape index (κ2) is 9.99. The van der Waals surface area contributed by atoms with Crippen molar-refractivity contribution < 1.29 is 13.9 Å². The molecule has 1 N–H and O–H groups in total. The van der Waals surface area contributed by atoms with Gasteiger partial charge in [0.2, 0.25) is 0 Å². The van der Waals surface area contributed by atoms with Crippen LogP contribution < -0.4 is 10.1 Å². The number of nitrogens with zero attached hydrogens (tertiary/aromatic N) is 2. The van der Waals surface area contributed by atoms with Gasteiger partial charge in [-0.05, 0) is 39.2 Å². The normalized spacial score (nSPS) is 11.2. The molecule has 0 radical (unpaired) electrons. The van der Waals surface area contributed by atoms with Gasteiger partial charge in [0.1, 0.15) is 17.3 Å². The molecule has 0 saturated heterocycles. The molecule has 1 amide bonds. The van der Waals surface area contributed by atoms with Crippen molar-refractivity contribution in [3.8, 4) is 5.75 Å². The smallest absolute Gasteiger partial charge is 0.257 e. The van der Waals surface area contributed by atoms with Gasteiger partial charge in [-0.3, -0.25) is 9.69 Å². The summed E-state index contributed by atoms with van der Waals surface area (Å²) in [6.45, 7) is 5.26. The van der Waals surface area contributed by atoms with Crippen LogP contribution in [0.15, 0.2) is 40.8 Å². The van der Waals surface area contributed by atoms with Crippen molar-refractivity contribution in [1.82, 2.24) is 15.1 Å². The van der Waals surface area contributed by atoms with Crippen molar-refractivity contribution in [2.45, 2.75) is 20.0 Å². The van der Waals surface area contributed by atoms with Crippen molar-refractivity contribution in [1.29, 1.82) is 0 Å². The zero-order valence-electron chi connectivity index (χ0n) is 16.1. The number of carbonyl (C=O) groups is 1. The second-order valence-electron chi connectivity index (χ2n) is 6.60. The molecule has 142 valence electrons. The lowest BCUT2D eigenvalue weighted by molar-refractivity contribution is -0.122. The molecular weight excluding hydrogens is 330 g/mol. The van der Waals surface area contributed by atoms with Crippen molar-refractivity contribution >= 4 is 5.91 Å². The van der Waals surface area contributed by atoms with Gasteiger partial charge >= 0.3 is 0 Å². The number of amides is 1. The molecule has 0 aliphatic rings. The van der Waals surface area contributed by atoms with Gasteiger partial charge in [0.25, 0.3) is 5.91 Å². The van der Waals surface area contributed by atoms with Crippen LogP contribution in [0.2, 0.25) is 0 Å². The van der Waals surface area contributed by atoms with Crippen molar-refractivity contribution in [2.24, 2.45) is 0 Å². The molecule has 0 aliphatic carbocycles. The molecule has 2 aromatic rings. The summed E-state index contributed by atoms with van der Waals surface area (Å²) in [5.74, 6) is 2.46. The summed E-state index contributed by atoms with van der Waals surface area (Å²) in [5, 5.41) is 2.57. The number of rotatable bonds is 10. The molecule has 0 spiro atoms. The largest absolute Gasteiger partial charge is 0.483 e. The third-order valence-corrected chi connectivity index (χ3v) is 4.04. The molecule has 0 fully saturated rings. The zero-order valence-corrected chi connectivity index (χ0v) is 16.1. The van der Waals surface area contributed by atoms with Gasteiger partial charge in [0.05, 0.1) is 6.54 Å². The zero-order chi connectivity index (χ0) is 18.9. The summed E-state index contributed by atoms with van der Waals surface area (Å²) in [7, 11) is 5.73. The Morgan fingerprint density at radius 2 is 1.88 bits per heavy atom. The molecule has 0 unspecified atom stereocenters. The van der Waals surface area contributed by atoms with Gasteiger partial charge in [0.15, 0.2) is 6.61 Å². The molecule has 1 aromatic heterocycles. The highest BCUT2D eigenvalue weighted by Crippen LogP contribution is 2.21. The van der Waals surface area contributed by atoms with E-state index in [2.05, 4.69) is 29.2 Å². The van der Waals surface area contributed by atoms with Crippen molar-refractivity contribution in [3.63, 3.8) is 0 Å². The molecule has 0 bridgehead atoms. The second-order valence-corrected chi connectivity index (χ2v) is 6.60. The van der Waals surface area contributed by atoms with E-state index in [1.165, 1.54) is 0 Å². The number of ether oxygens (including phenoxy) is 1. The molecule has 26 heavy (non-hydrogen) atoms. The molecule has 0 saturated carbocycles. The molecule has 1 heterocycles. The third kappa shape index (κ3) is 6.54. The lowest BCUT2D eigenvalue weighted by atomic mass is 10.2. The Morgan fingerprint density at radius 3 is 2.54 bits per heavy atom. The number of hydrogen-bond donors (Lipinski definition) is 1. The SMILES string of the molecule is CNC(=O)COc1ccccc1CN(CCN(C)C)Cc1ccc(C)o1. The van der Waals surface area contributed by atoms with Crippen LogP contribution in [0.25, 0.3) is 0 Å². The number of aryl methyl sites for hydroxylation is 1. The van der Waals surface area contributed by atoms with E-state index in [1.807, 2.05) is 43.3 Å². The number of likely N-dealkylation sites (N-methyl/N-ethyl adjacent to an activating group) is 2. The quantitative estimate of drug-likeness (QED) is 0.705. The van der Waals surface area contributed by atoms with E-state index < -0.39 is 0 Å². The highest BCUT2D eigenvalue weighted by molar-refractivity contribution is 5.77. The number of benzene rings is 1. The maximum Gasteiger partial charge on any atom is 0.257 e. The van der Waals surface area contributed by atoms with Crippen LogP contribution in [0.4, 0.5) is 0 Å². The first-order chi connectivity index (χ1) is 12.5. The molecule has 0 aliphatic heterocycles. The van der Waals surface area contributed by atoms with Gasteiger partial charge in [-0.1, -0.05) is 18.2 Å². The van der Waals surface area contributed by atoms with Gasteiger partial charge < -0.3 is 19.4 Å². The molecule has 2 rings (SSSR count). The highest BCUT2D eigenvalue weighted by atomic mass is 16.5. The Balaban J connectivity index is 2.09. The van der Waals surface area contributed by atoms with Crippen molar-refractivity contribution in [3.05, 3.63) is 53.5 Å². The fourth-order valence-electron chi connectivity index (χ4n) is 2.58. The first-order valence-electron chi connectivity index (χ1n) is 8.81. The van der Waals surface area contributed by atoms with Crippen LogP contribution in [0.5, 0.6) is 5.75 Å². The minimum Gasteiger partial charge on any atom is -0.483 e. The first-order valence-corrected chi connectivity index (χ1v) is 8.81. The summed E-state index contributed by atoms with van der Waals surface area (Å²) in [6.07, 6.45) is 0. The van der Waals surface area contributed by atoms with Gasteiger partial charge in [-0.25, -0.2) is 0 Å². The number of furan rings is 1. The van der Waals surface area contributed by atoms with Crippen LogP contribution in [-0.4, -0.2) is 56.5 Å². The summed E-state index contributed by atoms with van der Waals surface area (Å²) in [4.78, 5) is 16.0. The fourth-order valence-corrected chi connectivity index (χ4v) is 2.58. The van der Waals surface area contributed by atoms with Crippen LogP contribution in [0.3, 0.4) is 0 Å². The predicted molar refractivity (Wildman–Crippen MR) is 102 cm³/mol. The van der Waals surface area contributed by atoms with Gasteiger partial charge in [0, 0.05) is 32.2 Å². The minimum absolute atomic E-state index is 0.0165. The Morgan fingerprint density at radius 1 is 1.12 bits per heavy atom. The van der Waals surface area contributed by atoms with Gasteiger partial charge in [-0.15, -0.1) is 0 Å². The molecule has 1 aromatic carbocycles. The summed E-state index contributed by atoms with van der Waals surface area (Å²) in [5.41, 5.74) is 1.05. The van der Waals surface area contributed by atoms with E-state index in [4.69, 9.17) is 9.15 Å². The number of para-hydroxylation sites is 1. The number of nitrogens with one attached hydrogen (secondary N) is 1. The highest BCUT2D eigenvalue weighted by Gasteiger charge is 2.13. The Labute approximate surface area is 155 Å². The van der Waals surface area contributed by atoms with E-state index >= 15 is 0 Å². The van der Waals surface area contributed by atoms with Crippen LogP contribution in [0.1, 0.15) is 17.1 Å². The fraction of sp³-hybridized carbons (Fsp3) is 0.450. The molecule has 6 nitrogen and oxygen atoms in total. The molecule has 6 heteroatoms. The number of carbonyl (C=O) groups excluding carboxylic acids is 1. The van der Waals surface area contributed by atoms with E-state index in [0.717, 1.165) is 49.0 Å². The maximum atomic E-state index is 11.5. The molecular formula is C20H29N3O3. The minimum atomic E-state index is -0.143. The predicted octanol–water partition coefficient (Wildman–Crippen LogP) is 2.28. The number of hydrogen-bond acceptors (Lipinski definition) is 5. The Bertz CT molecular complexity index is 697. The maximum absolute atomic E-state index is 11.5. The molecule has 0 atom stereocenters. The summed E-state index contributed by atoms with van der Waals surface area (Å²) in [6, 6.07) is 11.9. The third-order valence-electron chi connectivity index (χ3n) is 4.04. The standard InChI is InChI=1S/C20H29N3O3/c1-16-9-10-18(26-16)14-23(12-11-22(3)4)13-17-7-5-6-8-19(17)25-15-20(24)21-2/h5-10H,11-15H2,1-4H3,(H,21,24). The van der Waals surface area contributed by atoms with E-state index in [9.17, 15) is 4.79 Å². The Hall–Kier alpha value is -2.31. The van der Waals surface area contributed by atoms with Crippen LogP contribution in [0, 0.1) is 6.92 Å². The van der Waals surface area contributed by atoms with E-state index in [0.29, 0.717) is 0 Å². The monoisotopic (exact) mass is 359 g/mol. The van der Waals surface area contributed by atoms with Crippen LogP contribution >= 0.6 is 0 Å². The topological polar surface area (TPSA) is 58.0 Å². The Kier molecular flexibility index (Phi) is 7.69. The first kappa shape index (κ1) is 20.0. The average molecular weight is 359 g/mol. The van der Waals surface area contributed by atoms with Gasteiger partial charge in [-0.2, -0.15) is 0 Å². The summed E-state index contributed by atoms with van der Waals surface area (Å²) < 4.78 is 11.4.